The molecule has 0 bridgehead atoms. The summed E-state index contributed by atoms with van der Waals surface area (Å²) in [7, 11) is 0. The van der Waals surface area contributed by atoms with E-state index in [9.17, 15) is 24.5 Å². The Labute approximate surface area is 198 Å². The number of aliphatic carboxylic acids is 1. The van der Waals surface area contributed by atoms with Gasteiger partial charge in [-0.05, 0) is 97.6 Å². The normalized spacial score (nSPS) is 40.6. The van der Waals surface area contributed by atoms with Crippen LogP contribution >= 0.6 is 0 Å². The van der Waals surface area contributed by atoms with Gasteiger partial charge in [-0.1, -0.05) is 19.4 Å². The van der Waals surface area contributed by atoms with Crippen molar-refractivity contribution in [2.45, 2.75) is 64.1 Å². The van der Waals surface area contributed by atoms with Crippen LogP contribution in [0.15, 0.2) is 36.0 Å². The van der Waals surface area contributed by atoms with Crippen LogP contribution in [-0.2, 0) is 11.2 Å². The second-order valence-electron chi connectivity index (χ2n) is 11.4. The summed E-state index contributed by atoms with van der Waals surface area (Å²) in [6.07, 6.45) is 7.11. The minimum atomic E-state index is -1.78. The van der Waals surface area contributed by atoms with Crippen LogP contribution in [0.2, 0.25) is 0 Å². The molecule has 6 nitrogen and oxygen atoms in total. The number of allylic oxidation sites excluding steroid dienone is 1. The third-order valence-corrected chi connectivity index (χ3v) is 10.0. The van der Waals surface area contributed by atoms with E-state index in [2.05, 4.69) is 18.1 Å². The number of aliphatic hydroxyl groups is 2. The van der Waals surface area contributed by atoms with E-state index in [0.29, 0.717) is 12.8 Å². The van der Waals surface area contributed by atoms with Gasteiger partial charge < -0.3 is 15.3 Å². The first-order chi connectivity index (χ1) is 16.1. The molecule has 0 spiro atoms. The van der Waals surface area contributed by atoms with Gasteiger partial charge in [0.2, 0.25) is 0 Å². The Hall–Kier alpha value is -2.51. The smallest absolute Gasteiger partial charge is 0.336 e. The van der Waals surface area contributed by atoms with Gasteiger partial charge in [-0.3, -0.25) is 0 Å². The van der Waals surface area contributed by atoms with E-state index in [1.165, 1.54) is 17.7 Å². The van der Waals surface area contributed by atoms with Crippen molar-refractivity contribution in [1.82, 2.24) is 9.78 Å². The lowest BCUT2D eigenvalue weighted by atomic mass is 9.45. The Bertz CT molecular complexity index is 1210. The lowest BCUT2D eigenvalue weighted by Crippen LogP contribution is -2.61. The number of aliphatic hydroxyl groups excluding tert-OH is 1. The summed E-state index contributed by atoms with van der Waals surface area (Å²) < 4.78 is 15.3. The Kier molecular flexibility index (Phi) is 4.53. The molecule has 180 valence electrons. The molecule has 1 heterocycles. The number of benzene rings is 1. The Morgan fingerprint density at radius 1 is 1.21 bits per heavy atom. The van der Waals surface area contributed by atoms with Crippen molar-refractivity contribution in [3.8, 4) is 5.69 Å². The highest BCUT2D eigenvalue weighted by molar-refractivity contribution is 5.79. The highest BCUT2D eigenvalue weighted by Gasteiger charge is 2.68. The van der Waals surface area contributed by atoms with Gasteiger partial charge in [0.05, 0.1) is 23.7 Å². The molecule has 2 aromatic rings. The molecule has 0 saturated heterocycles. The van der Waals surface area contributed by atoms with Crippen LogP contribution in [0.3, 0.4) is 0 Å². The van der Waals surface area contributed by atoms with E-state index in [4.69, 9.17) is 0 Å². The zero-order valence-corrected chi connectivity index (χ0v) is 19.5. The fourth-order valence-electron chi connectivity index (χ4n) is 8.33. The van der Waals surface area contributed by atoms with E-state index in [1.807, 2.05) is 17.8 Å². The van der Waals surface area contributed by atoms with Crippen molar-refractivity contribution < 1.29 is 24.5 Å². The van der Waals surface area contributed by atoms with Crippen LogP contribution in [0.25, 0.3) is 11.8 Å². The maximum Gasteiger partial charge on any atom is 0.336 e. The summed E-state index contributed by atoms with van der Waals surface area (Å²) in [4.78, 5) is 12.0. The number of aromatic nitrogens is 2. The molecule has 6 rings (SSSR count). The van der Waals surface area contributed by atoms with Crippen LogP contribution in [0.1, 0.15) is 57.2 Å². The predicted octanol–water partition coefficient (Wildman–Crippen LogP) is 3.98. The van der Waals surface area contributed by atoms with Crippen molar-refractivity contribution in [2.24, 2.45) is 28.6 Å². The average Bonchev–Trinajstić information content (AvgIpc) is 3.30. The first-order valence-corrected chi connectivity index (χ1v) is 12.3. The zero-order chi connectivity index (χ0) is 24.0. The first-order valence-electron chi connectivity index (χ1n) is 12.3. The highest BCUT2D eigenvalue weighted by atomic mass is 19.1. The summed E-state index contributed by atoms with van der Waals surface area (Å²) in [5, 5.41) is 37.1. The Morgan fingerprint density at radius 2 is 1.94 bits per heavy atom. The van der Waals surface area contributed by atoms with Crippen molar-refractivity contribution >= 4 is 12.0 Å². The molecule has 1 aromatic carbocycles. The Balaban J connectivity index is 1.38. The van der Waals surface area contributed by atoms with E-state index < -0.39 is 23.1 Å². The molecule has 1 aromatic heterocycles. The third kappa shape index (κ3) is 2.68. The van der Waals surface area contributed by atoms with Gasteiger partial charge in [0.25, 0.3) is 0 Å². The number of hydrogen-bond donors (Lipinski definition) is 3. The maximum atomic E-state index is 13.4. The standard InChI is InChI=1S/C27H31FN2O4/c1-25-12-15-14-29-30(18-6-4-17(28)5-7-18)21(15)11-16(25)3-8-19-20-9-10-27(34,24(32)33)26(20,2)13-22(31)23(19)25/h4-7,11,14,19-20,22-23,31,34H,3,8-10,12-13H2,1-2H3,(H,32,33)/t19?,20?,22-,23?,25-,26-,27-/m0/s1. The van der Waals surface area contributed by atoms with Crippen molar-refractivity contribution in [1.29, 1.82) is 0 Å². The van der Waals surface area contributed by atoms with Gasteiger partial charge in [0.1, 0.15) is 5.82 Å². The number of carbonyl (C=O) groups is 1. The SMILES string of the molecule is C[C@]12Cc3cnn(-c4ccc(F)cc4)c3C=C1CCC1C2[C@@H](O)C[C@@]2(C)C1CC[C@]2(O)C(=O)O. The topological polar surface area (TPSA) is 95.6 Å². The lowest BCUT2D eigenvalue weighted by molar-refractivity contribution is -0.193. The minimum absolute atomic E-state index is 0.00374. The van der Waals surface area contributed by atoms with Crippen molar-refractivity contribution in [3.63, 3.8) is 0 Å². The molecule has 0 amide bonds. The number of halogens is 1. The van der Waals surface area contributed by atoms with Crippen molar-refractivity contribution in [3.05, 3.63) is 53.1 Å². The molecule has 0 radical (unpaired) electrons. The molecule has 4 aliphatic rings. The van der Waals surface area contributed by atoms with Crippen LogP contribution in [0.4, 0.5) is 4.39 Å². The Morgan fingerprint density at radius 3 is 2.65 bits per heavy atom. The fraction of sp³-hybridized carbons (Fsp3) is 0.556. The third-order valence-electron chi connectivity index (χ3n) is 10.0. The number of carboxylic acid groups (broad SMARTS) is 1. The zero-order valence-electron chi connectivity index (χ0n) is 19.5. The molecule has 34 heavy (non-hydrogen) atoms. The van der Waals surface area contributed by atoms with Crippen LogP contribution < -0.4 is 0 Å². The minimum Gasteiger partial charge on any atom is -0.479 e. The fourth-order valence-corrected chi connectivity index (χ4v) is 8.33. The van der Waals surface area contributed by atoms with E-state index in [-0.39, 0.29) is 35.4 Å². The summed E-state index contributed by atoms with van der Waals surface area (Å²) in [6, 6.07) is 6.32. The maximum absolute atomic E-state index is 13.4. The molecule has 0 aliphatic heterocycles. The molecule has 3 N–H and O–H groups in total. The van der Waals surface area contributed by atoms with Gasteiger partial charge in [-0.2, -0.15) is 5.10 Å². The van der Waals surface area contributed by atoms with E-state index >= 15 is 0 Å². The van der Waals surface area contributed by atoms with Gasteiger partial charge in [0.15, 0.2) is 5.60 Å². The van der Waals surface area contributed by atoms with E-state index in [1.54, 1.807) is 12.1 Å². The van der Waals surface area contributed by atoms with Gasteiger partial charge >= 0.3 is 5.97 Å². The van der Waals surface area contributed by atoms with Gasteiger partial charge in [-0.25, -0.2) is 13.9 Å². The lowest BCUT2D eigenvalue weighted by Gasteiger charge is -2.60. The summed E-state index contributed by atoms with van der Waals surface area (Å²) in [6.45, 7) is 4.11. The summed E-state index contributed by atoms with van der Waals surface area (Å²) in [5.74, 6) is -1.21. The van der Waals surface area contributed by atoms with Crippen LogP contribution in [0, 0.1) is 34.4 Å². The number of fused-ring (bicyclic) bond motifs is 6. The van der Waals surface area contributed by atoms with Crippen LogP contribution in [0.5, 0.6) is 0 Å². The number of hydrogen-bond acceptors (Lipinski definition) is 4. The predicted molar refractivity (Wildman–Crippen MR) is 124 cm³/mol. The molecular formula is C27H31FN2O4. The largest absolute Gasteiger partial charge is 0.479 e. The molecule has 4 aliphatic carbocycles. The highest BCUT2D eigenvalue weighted by Crippen LogP contribution is 2.67. The average molecular weight is 467 g/mol. The number of rotatable bonds is 2. The monoisotopic (exact) mass is 466 g/mol. The first kappa shape index (κ1) is 22.0. The molecular weight excluding hydrogens is 435 g/mol. The van der Waals surface area contributed by atoms with Gasteiger partial charge in [0, 0.05) is 5.41 Å². The second kappa shape index (κ2) is 7.01. The van der Waals surface area contributed by atoms with E-state index in [0.717, 1.165) is 36.2 Å². The van der Waals surface area contributed by atoms with Crippen LogP contribution in [-0.4, -0.2) is 42.8 Å². The molecule has 3 unspecified atom stereocenters. The quantitative estimate of drug-likeness (QED) is 0.622. The molecule has 3 fully saturated rings. The number of nitrogens with zero attached hydrogens (tertiary/aromatic N) is 2. The number of carboxylic acids is 1. The van der Waals surface area contributed by atoms with Gasteiger partial charge in [-0.15, -0.1) is 0 Å². The summed E-state index contributed by atoms with van der Waals surface area (Å²) >= 11 is 0. The molecule has 7 heteroatoms. The second-order valence-corrected chi connectivity index (χ2v) is 11.4. The summed E-state index contributed by atoms with van der Waals surface area (Å²) in [5.41, 5.74) is 1.35. The molecule has 7 atom stereocenters. The van der Waals surface area contributed by atoms with Crippen molar-refractivity contribution in [2.75, 3.05) is 0 Å². The molecule has 3 saturated carbocycles.